The number of rotatable bonds is 8. The molecule has 2 aliphatic heterocycles. The normalized spacial score (nSPS) is 19.5. The lowest BCUT2D eigenvalue weighted by atomic mass is 10.0. The van der Waals surface area contributed by atoms with Gasteiger partial charge in [0.05, 0.1) is 5.56 Å². The van der Waals surface area contributed by atoms with Crippen molar-refractivity contribution in [2.45, 2.75) is 52.1 Å². The van der Waals surface area contributed by atoms with Gasteiger partial charge in [-0.15, -0.1) is 5.06 Å². The van der Waals surface area contributed by atoms with Gasteiger partial charge in [0.25, 0.3) is 11.8 Å². The van der Waals surface area contributed by atoms with E-state index in [9.17, 15) is 19.2 Å². The fourth-order valence-corrected chi connectivity index (χ4v) is 4.39. The summed E-state index contributed by atoms with van der Waals surface area (Å²) in [7, 11) is 0. The number of hydroxylamine groups is 2. The van der Waals surface area contributed by atoms with Gasteiger partial charge in [0, 0.05) is 44.4 Å². The number of thiophene rings is 1. The minimum absolute atomic E-state index is 0.123. The van der Waals surface area contributed by atoms with Crippen LogP contribution in [0.15, 0.2) is 10.8 Å². The van der Waals surface area contributed by atoms with Gasteiger partial charge >= 0.3 is 5.97 Å². The molecule has 3 rings (SSSR count). The second-order valence-corrected chi connectivity index (χ2v) is 7.61. The predicted octanol–water partition coefficient (Wildman–Crippen LogP) is 1.80. The molecule has 1 saturated heterocycles. The van der Waals surface area contributed by atoms with Gasteiger partial charge in [-0.3, -0.25) is 24.1 Å². The van der Waals surface area contributed by atoms with Crippen molar-refractivity contribution in [2.75, 3.05) is 19.6 Å². The summed E-state index contributed by atoms with van der Waals surface area (Å²) in [5.41, 5.74) is 1.59. The zero-order valence-electron chi connectivity index (χ0n) is 16.2. The summed E-state index contributed by atoms with van der Waals surface area (Å²) in [6.45, 7) is 5.54. The third-order valence-corrected chi connectivity index (χ3v) is 5.93. The Balaban J connectivity index is 1.55. The highest BCUT2D eigenvalue weighted by Crippen LogP contribution is 2.31. The Kier molecular flexibility index (Phi) is 6.46. The quantitative estimate of drug-likeness (QED) is 0.482. The molecule has 0 spiro atoms. The minimum atomic E-state index is -0.620. The standard InChI is InChI=1S/C19H25N3O5S/c1-3-20(4-2)27-17(24)6-5-9-21-16(23)8-7-15(19(21)26)22-10-13-11-28-12-14(13)18(22)25/h11-12,15H,3-10H2,1-2H3. The molecule has 1 aromatic heterocycles. The van der Waals surface area contributed by atoms with E-state index in [1.807, 2.05) is 19.2 Å². The van der Waals surface area contributed by atoms with Crippen LogP contribution in [-0.2, 0) is 25.8 Å². The zero-order valence-corrected chi connectivity index (χ0v) is 17.0. The molecule has 0 aliphatic carbocycles. The van der Waals surface area contributed by atoms with E-state index in [4.69, 9.17) is 4.84 Å². The van der Waals surface area contributed by atoms with Crippen LogP contribution in [0.4, 0.5) is 0 Å². The van der Waals surface area contributed by atoms with E-state index in [0.717, 1.165) is 5.56 Å². The van der Waals surface area contributed by atoms with Crippen molar-refractivity contribution in [3.05, 3.63) is 21.9 Å². The lowest BCUT2D eigenvalue weighted by molar-refractivity contribution is -0.189. The van der Waals surface area contributed by atoms with Crippen molar-refractivity contribution in [3.8, 4) is 0 Å². The molecule has 0 saturated carbocycles. The second kappa shape index (κ2) is 8.83. The van der Waals surface area contributed by atoms with Crippen LogP contribution in [0.25, 0.3) is 0 Å². The average Bonchev–Trinajstić information content (AvgIpc) is 3.26. The Morgan fingerprint density at radius 1 is 1.25 bits per heavy atom. The molecule has 0 N–H and O–H groups in total. The highest BCUT2D eigenvalue weighted by molar-refractivity contribution is 7.08. The molecule has 1 atom stereocenters. The Morgan fingerprint density at radius 2 is 2.00 bits per heavy atom. The first kappa shape index (κ1) is 20.5. The van der Waals surface area contributed by atoms with Crippen LogP contribution in [0, 0.1) is 0 Å². The van der Waals surface area contributed by atoms with Crippen molar-refractivity contribution in [1.29, 1.82) is 0 Å². The van der Waals surface area contributed by atoms with Crippen LogP contribution < -0.4 is 0 Å². The number of hydrogen-bond donors (Lipinski definition) is 0. The lowest BCUT2D eigenvalue weighted by Crippen LogP contribution is -2.54. The molecule has 3 heterocycles. The number of likely N-dealkylation sites (tertiary alicyclic amines) is 1. The van der Waals surface area contributed by atoms with Crippen molar-refractivity contribution >= 4 is 35.0 Å². The summed E-state index contributed by atoms with van der Waals surface area (Å²) in [6, 6.07) is -0.620. The Hall–Kier alpha value is -2.26. The van der Waals surface area contributed by atoms with Crippen LogP contribution in [0.2, 0.25) is 0 Å². The van der Waals surface area contributed by atoms with Gasteiger partial charge in [-0.1, -0.05) is 0 Å². The molecule has 152 valence electrons. The summed E-state index contributed by atoms with van der Waals surface area (Å²) in [5.74, 6) is -1.13. The van der Waals surface area contributed by atoms with Crippen LogP contribution in [0.5, 0.6) is 0 Å². The number of amides is 3. The molecular weight excluding hydrogens is 382 g/mol. The van der Waals surface area contributed by atoms with Gasteiger partial charge in [0.1, 0.15) is 6.04 Å². The number of carbonyl (C=O) groups excluding carboxylic acids is 4. The number of fused-ring (bicyclic) bond motifs is 1. The van der Waals surface area contributed by atoms with E-state index >= 15 is 0 Å². The topological polar surface area (TPSA) is 87.2 Å². The maximum absolute atomic E-state index is 12.9. The molecule has 28 heavy (non-hydrogen) atoms. The highest BCUT2D eigenvalue weighted by atomic mass is 32.1. The van der Waals surface area contributed by atoms with Gasteiger partial charge in [-0.2, -0.15) is 11.3 Å². The molecule has 0 radical (unpaired) electrons. The highest BCUT2D eigenvalue weighted by Gasteiger charge is 2.42. The van der Waals surface area contributed by atoms with Crippen LogP contribution in [0.3, 0.4) is 0 Å². The second-order valence-electron chi connectivity index (χ2n) is 6.86. The number of hydrogen-bond acceptors (Lipinski definition) is 7. The Bertz CT molecular complexity index is 773. The predicted molar refractivity (Wildman–Crippen MR) is 102 cm³/mol. The van der Waals surface area contributed by atoms with Crippen molar-refractivity contribution in [1.82, 2.24) is 14.9 Å². The van der Waals surface area contributed by atoms with Crippen LogP contribution >= 0.6 is 11.3 Å². The summed E-state index contributed by atoms with van der Waals surface area (Å²) < 4.78 is 0. The summed E-state index contributed by atoms with van der Waals surface area (Å²) in [4.78, 5) is 57.5. The third-order valence-electron chi connectivity index (χ3n) is 5.13. The first-order valence-electron chi connectivity index (χ1n) is 9.62. The van der Waals surface area contributed by atoms with Gasteiger partial charge in [0.2, 0.25) is 5.91 Å². The SMILES string of the molecule is CCN(CC)OC(=O)CCCN1C(=O)CCC(N2Cc3cscc3C2=O)C1=O. The number of nitrogens with zero attached hydrogens (tertiary/aromatic N) is 3. The van der Waals surface area contributed by atoms with Crippen LogP contribution in [0.1, 0.15) is 55.5 Å². The van der Waals surface area contributed by atoms with Crippen molar-refractivity contribution < 1.29 is 24.0 Å². The van der Waals surface area contributed by atoms with Crippen molar-refractivity contribution in [3.63, 3.8) is 0 Å². The first-order valence-corrected chi connectivity index (χ1v) is 10.6. The van der Waals surface area contributed by atoms with Gasteiger partial charge in [-0.25, -0.2) is 0 Å². The van der Waals surface area contributed by atoms with E-state index in [2.05, 4.69) is 0 Å². The molecule has 0 aromatic carbocycles. The number of carbonyl (C=O) groups is 4. The molecule has 1 unspecified atom stereocenters. The maximum atomic E-state index is 12.9. The van der Waals surface area contributed by atoms with E-state index in [1.165, 1.54) is 16.2 Å². The number of piperidine rings is 1. The van der Waals surface area contributed by atoms with Gasteiger partial charge < -0.3 is 9.74 Å². The summed E-state index contributed by atoms with van der Waals surface area (Å²) in [6.07, 6.45) is 1.03. The van der Waals surface area contributed by atoms with Gasteiger partial charge in [0.15, 0.2) is 0 Å². The van der Waals surface area contributed by atoms with E-state index in [1.54, 1.807) is 15.3 Å². The molecule has 1 fully saturated rings. The summed E-state index contributed by atoms with van der Waals surface area (Å²) >= 11 is 1.47. The first-order chi connectivity index (χ1) is 13.5. The maximum Gasteiger partial charge on any atom is 0.325 e. The van der Waals surface area contributed by atoms with Gasteiger partial charge in [-0.05, 0) is 37.6 Å². The van der Waals surface area contributed by atoms with E-state index in [0.29, 0.717) is 38.0 Å². The monoisotopic (exact) mass is 407 g/mol. The molecule has 9 heteroatoms. The summed E-state index contributed by atoms with van der Waals surface area (Å²) in [5, 5.41) is 5.27. The molecule has 2 aliphatic rings. The minimum Gasteiger partial charge on any atom is -0.368 e. The average molecular weight is 407 g/mol. The zero-order chi connectivity index (χ0) is 20.3. The van der Waals surface area contributed by atoms with E-state index in [-0.39, 0.29) is 43.1 Å². The molecule has 0 bridgehead atoms. The molecular formula is C19H25N3O5S. The lowest BCUT2D eigenvalue weighted by Gasteiger charge is -2.35. The van der Waals surface area contributed by atoms with Crippen molar-refractivity contribution in [2.24, 2.45) is 0 Å². The van der Waals surface area contributed by atoms with E-state index < -0.39 is 6.04 Å². The fraction of sp³-hybridized carbons (Fsp3) is 0.579. The van der Waals surface area contributed by atoms with Crippen LogP contribution in [-0.4, -0.2) is 64.2 Å². The Labute approximate surface area is 168 Å². The number of imide groups is 1. The molecule has 8 nitrogen and oxygen atoms in total. The third kappa shape index (κ3) is 4.10. The molecule has 3 amide bonds. The largest absolute Gasteiger partial charge is 0.368 e. The molecule has 1 aromatic rings. The Morgan fingerprint density at radius 3 is 2.68 bits per heavy atom. The fourth-order valence-electron chi connectivity index (χ4n) is 3.56. The smallest absolute Gasteiger partial charge is 0.325 e.